The number of nitrogens with one attached hydrogen (secondary N) is 1. The maximum absolute atomic E-state index is 3.67. The van der Waals surface area contributed by atoms with E-state index in [0.29, 0.717) is 5.41 Å². The van der Waals surface area contributed by atoms with Crippen LogP contribution in [0.1, 0.15) is 97.8 Å². The van der Waals surface area contributed by atoms with Crippen molar-refractivity contribution in [3.05, 3.63) is 0 Å². The smallest absolute Gasteiger partial charge is 0.000781 e. The Morgan fingerprint density at radius 3 is 2.00 bits per heavy atom. The van der Waals surface area contributed by atoms with Gasteiger partial charge in [-0.25, -0.2) is 0 Å². The molecule has 0 amide bonds. The van der Waals surface area contributed by atoms with Gasteiger partial charge >= 0.3 is 0 Å². The fourth-order valence-corrected chi connectivity index (χ4v) is 3.43. The number of hydrogen-bond donors (Lipinski definition) is 1. The first kappa shape index (κ1) is 18.0. The molecule has 0 aromatic heterocycles. The van der Waals surface area contributed by atoms with Crippen molar-refractivity contribution in [1.29, 1.82) is 0 Å². The Kier molecular flexibility index (Phi) is 9.59. The number of hydrogen-bond acceptors (Lipinski definition) is 1. The Morgan fingerprint density at radius 1 is 0.850 bits per heavy atom. The summed E-state index contributed by atoms with van der Waals surface area (Å²) in [5, 5.41) is 3.67. The monoisotopic (exact) mass is 281 g/mol. The van der Waals surface area contributed by atoms with E-state index in [4.69, 9.17) is 0 Å². The van der Waals surface area contributed by atoms with Gasteiger partial charge in [-0.15, -0.1) is 0 Å². The van der Waals surface area contributed by atoms with Crippen molar-refractivity contribution >= 4 is 0 Å². The molecule has 0 spiro atoms. The van der Waals surface area contributed by atoms with Gasteiger partial charge in [0.1, 0.15) is 0 Å². The maximum atomic E-state index is 3.67. The van der Waals surface area contributed by atoms with Crippen LogP contribution in [0, 0.1) is 11.3 Å². The van der Waals surface area contributed by atoms with Crippen LogP contribution >= 0.6 is 0 Å². The molecule has 1 rings (SSSR count). The van der Waals surface area contributed by atoms with Gasteiger partial charge in [0.15, 0.2) is 0 Å². The van der Waals surface area contributed by atoms with E-state index in [0.717, 1.165) is 5.92 Å². The molecule has 1 N–H and O–H groups in total. The van der Waals surface area contributed by atoms with Gasteiger partial charge in [0.05, 0.1) is 0 Å². The summed E-state index contributed by atoms with van der Waals surface area (Å²) in [6, 6.07) is 0. The topological polar surface area (TPSA) is 12.0 Å². The summed E-state index contributed by atoms with van der Waals surface area (Å²) in [6.45, 7) is 9.54. The van der Waals surface area contributed by atoms with Gasteiger partial charge < -0.3 is 5.32 Å². The molecular formula is C19H39N. The zero-order valence-electron chi connectivity index (χ0n) is 14.5. The summed E-state index contributed by atoms with van der Waals surface area (Å²) in [5.74, 6) is 1.02. The fraction of sp³-hybridized carbons (Fsp3) is 1.00. The van der Waals surface area contributed by atoms with E-state index >= 15 is 0 Å². The second-order valence-electron chi connectivity index (χ2n) is 7.33. The minimum atomic E-state index is 0.595. The molecule has 0 aromatic carbocycles. The van der Waals surface area contributed by atoms with E-state index in [1.54, 1.807) is 0 Å². The highest BCUT2D eigenvalue weighted by Gasteiger charge is 2.40. The van der Waals surface area contributed by atoms with Crippen LogP contribution in [0.2, 0.25) is 0 Å². The molecule has 1 aliphatic rings. The van der Waals surface area contributed by atoms with Crippen molar-refractivity contribution in [2.45, 2.75) is 97.8 Å². The first-order valence-corrected chi connectivity index (χ1v) is 9.43. The summed E-state index contributed by atoms with van der Waals surface area (Å²) in [6.07, 6.45) is 17.2. The number of rotatable bonds is 14. The van der Waals surface area contributed by atoms with Gasteiger partial charge in [-0.2, -0.15) is 0 Å². The van der Waals surface area contributed by atoms with Crippen molar-refractivity contribution < 1.29 is 0 Å². The number of unbranched alkanes of at least 4 members (excludes halogenated alkanes) is 7. The predicted octanol–water partition coefficient (Wildman–Crippen LogP) is 5.93. The molecule has 0 radical (unpaired) electrons. The summed E-state index contributed by atoms with van der Waals surface area (Å²) in [5.41, 5.74) is 0.595. The Hall–Kier alpha value is -0.0400. The van der Waals surface area contributed by atoms with Crippen LogP contribution in [0.4, 0.5) is 0 Å². The lowest BCUT2D eigenvalue weighted by atomic mass is 9.79. The van der Waals surface area contributed by atoms with Crippen molar-refractivity contribution in [3.8, 4) is 0 Å². The summed E-state index contributed by atoms with van der Waals surface area (Å²) < 4.78 is 0. The first-order chi connectivity index (χ1) is 9.73. The first-order valence-electron chi connectivity index (χ1n) is 9.43. The second-order valence-corrected chi connectivity index (χ2v) is 7.33. The van der Waals surface area contributed by atoms with Crippen LogP contribution in [0.15, 0.2) is 0 Å². The van der Waals surface area contributed by atoms with E-state index in [9.17, 15) is 0 Å². The molecule has 0 aromatic rings. The maximum Gasteiger partial charge on any atom is 0.000781 e. The highest BCUT2D eigenvalue weighted by Crippen LogP contribution is 2.48. The molecule has 20 heavy (non-hydrogen) atoms. The Balaban J connectivity index is 2.04. The lowest BCUT2D eigenvalue weighted by Crippen LogP contribution is -2.34. The van der Waals surface area contributed by atoms with Crippen molar-refractivity contribution in [3.63, 3.8) is 0 Å². The molecule has 0 bridgehead atoms. The minimum Gasteiger partial charge on any atom is -0.316 e. The highest BCUT2D eigenvalue weighted by atomic mass is 14.9. The molecule has 1 fully saturated rings. The lowest BCUT2D eigenvalue weighted by Gasteiger charge is -2.30. The average Bonchev–Trinajstić information content (AvgIpc) is 3.27. The zero-order valence-corrected chi connectivity index (χ0v) is 14.5. The third-order valence-electron chi connectivity index (χ3n) is 5.12. The molecule has 0 heterocycles. The van der Waals surface area contributed by atoms with Gasteiger partial charge in [0.25, 0.3) is 0 Å². The zero-order chi connectivity index (χ0) is 14.7. The van der Waals surface area contributed by atoms with Gasteiger partial charge in [-0.1, -0.05) is 72.1 Å². The Bertz CT molecular complexity index is 222. The van der Waals surface area contributed by atoms with Crippen molar-refractivity contribution in [2.24, 2.45) is 11.3 Å². The second kappa shape index (κ2) is 10.7. The molecule has 1 aliphatic carbocycles. The molecule has 0 aliphatic heterocycles. The van der Waals surface area contributed by atoms with Gasteiger partial charge in [0.2, 0.25) is 0 Å². The molecule has 1 heteroatoms. The normalized spacial score (nSPS) is 18.1. The largest absolute Gasteiger partial charge is 0.316 e. The quantitative estimate of drug-likeness (QED) is 0.389. The summed E-state index contributed by atoms with van der Waals surface area (Å²) in [4.78, 5) is 0. The molecule has 120 valence electrons. The SMILES string of the molecule is CCCCCCCCCCC(C)(CNCCC)C1CC1. The van der Waals surface area contributed by atoms with E-state index < -0.39 is 0 Å². The molecule has 1 unspecified atom stereocenters. The molecule has 0 saturated heterocycles. The van der Waals surface area contributed by atoms with Gasteiger partial charge in [-0.05, 0) is 43.6 Å². The summed E-state index contributed by atoms with van der Waals surface area (Å²) in [7, 11) is 0. The Labute approximate surface area is 128 Å². The Morgan fingerprint density at radius 2 is 1.45 bits per heavy atom. The van der Waals surface area contributed by atoms with Crippen LogP contribution in [-0.2, 0) is 0 Å². The van der Waals surface area contributed by atoms with Crippen molar-refractivity contribution in [2.75, 3.05) is 13.1 Å². The fourth-order valence-electron chi connectivity index (χ4n) is 3.43. The average molecular weight is 282 g/mol. The van der Waals surface area contributed by atoms with Crippen molar-refractivity contribution in [1.82, 2.24) is 5.32 Å². The van der Waals surface area contributed by atoms with Gasteiger partial charge in [0, 0.05) is 6.54 Å². The lowest BCUT2D eigenvalue weighted by molar-refractivity contribution is 0.228. The van der Waals surface area contributed by atoms with Crippen LogP contribution in [-0.4, -0.2) is 13.1 Å². The molecule has 1 nitrogen and oxygen atoms in total. The van der Waals surface area contributed by atoms with Crippen LogP contribution in [0.5, 0.6) is 0 Å². The third kappa shape index (κ3) is 7.67. The molecule has 1 atom stereocenters. The highest BCUT2D eigenvalue weighted by molar-refractivity contribution is 4.92. The third-order valence-corrected chi connectivity index (χ3v) is 5.12. The predicted molar refractivity (Wildman–Crippen MR) is 91.2 cm³/mol. The standard InChI is InChI=1S/C19H39N/c1-4-6-7-8-9-10-11-12-15-19(3,18-13-14-18)17-20-16-5-2/h18,20H,4-17H2,1-3H3. The van der Waals surface area contributed by atoms with Crippen LogP contribution in [0.25, 0.3) is 0 Å². The summed E-state index contributed by atoms with van der Waals surface area (Å²) >= 11 is 0. The van der Waals surface area contributed by atoms with Crippen LogP contribution in [0.3, 0.4) is 0 Å². The molecular weight excluding hydrogens is 242 g/mol. The molecule has 1 saturated carbocycles. The van der Waals surface area contributed by atoms with Gasteiger partial charge in [-0.3, -0.25) is 0 Å². The minimum absolute atomic E-state index is 0.595. The van der Waals surface area contributed by atoms with E-state index in [1.807, 2.05) is 0 Å². The van der Waals surface area contributed by atoms with E-state index in [1.165, 1.54) is 90.1 Å². The van der Waals surface area contributed by atoms with E-state index in [-0.39, 0.29) is 0 Å². The van der Waals surface area contributed by atoms with E-state index in [2.05, 4.69) is 26.1 Å². The van der Waals surface area contributed by atoms with Crippen LogP contribution < -0.4 is 5.32 Å².